The number of amides is 1. The van der Waals surface area contributed by atoms with Gasteiger partial charge in [-0.2, -0.15) is 0 Å². The van der Waals surface area contributed by atoms with Crippen LogP contribution in [0.5, 0.6) is 0 Å². The summed E-state index contributed by atoms with van der Waals surface area (Å²) in [4.78, 5) is 34.4. The number of fused-ring (bicyclic) bond motifs is 3. The molecule has 0 radical (unpaired) electrons. The largest absolute Gasteiger partial charge is 0.325 e. The van der Waals surface area contributed by atoms with Crippen LogP contribution in [0.2, 0.25) is 0 Å². The quantitative estimate of drug-likeness (QED) is 0.510. The van der Waals surface area contributed by atoms with Crippen LogP contribution in [0.4, 0.5) is 5.69 Å². The maximum atomic E-state index is 12.6. The zero-order valence-corrected chi connectivity index (χ0v) is 16.9. The first-order chi connectivity index (χ1) is 13.0. The number of carbonyl (C=O) groups excluding carboxylic acids is 1. The number of anilines is 1. The second-order valence-corrected chi connectivity index (χ2v) is 9.10. The number of aromatic amines is 1. The van der Waals surface area contributed by atoms with E-state index < -0.39 is 0 Å². The Balaban J connectivity index is 1.50. The number of H-pyrrole nitrogens is 1. The van der Waals surface area contributed by atoms with Crippen molar-refractivity contribution < 1.29 is 4.79 Å². The molecule has 0 bridgehead atoms. The molecular formula is C20H21N3O2S2. The number of aromatic nitrogens is 2. The smallest absolute Gasteiger partial charge is 0.260 e. The average Bonchev–Trinajstić information content (AvgIpc) is 2.99. The highest BCUT2D eigenvalue weighted by atomic mass is 32.2. The van der Waals surface area contributed by atoms with E-state index in [1.54, 1.807) is 11.3 Å². The van der Waals surface area contributed by atoms with Crippen molar-refractivity contribution in [1.82, 2.24) is 9.97 Å². The molecule has 0 spiro atoms. The third-order valence-corrected chi connectivity index (χ3v) is 6.92. The maximum Gasteiger partial charge on any atom is 0.260 e. The first kappa shape index (κ1) is 18.3. The summed E-state index contributed by atoms with van der Waals surface area (Å²) in [5, 5.41) is 4.14. The molecule has 0 aliphatic heterocycles. The van der Waals surface area contributed by atoms with Gasteiger partial charge in [-0.05, 0) is 49.3 Å². The SMILES string of the molecule is Cc1ccccc1NC(=O)CSc1nc2sc3c(c2c(=O)[nH]1)CC[C@H](C)C3. The number of nitrogens with zero attached hydrogens (tertiary/aromatic N) is 1. The Kier molecular flexibility index (Phi) is 5.06. The van der Waals surface area contributed by atoms with Gasteiger partial charge in [0.15, 0.2) is 5.16 Å². The van der Waals surface area contributed by atoms with E-state index in [0.717, 1.165) is 40.7 Å². The van der Waals surface area contributed by atoms with Crippen LogP contribution in [0.15, 0.2) is 34.2 Å². The van der Waals surface area contributed by atoms with Gasteiger partial charge in [0, 0.05) is 10.6 Å². The number of hydrogen-bond donors (Lipinski definition) is 2. The van der Waals surface area contributed by atoms with E-state index in [9.17, 15) is 9.59 Å². The summed E-state index contributed by atoms with van der Waals surface area (Å²) in [6.07, 6.45) is 3.09. The Morgan fingerprint density at radius 2 is 2.22 bits per heavy atom. The molecule has 0 unspecified atom stereocenters. The molecule has 1 aliphatic rings. The van der Waals surface area contributed by atoms with E-state index in [-0.39, 0.29) is 17.2 Å². The van der Waals surface area contributed by atoms with Crippen molar-refractivity contribution in [2.24, 2.45) is 5.92 Å². The topological polar surface area (TPSA) is 74.8 Å². The van der Waals surface area contributed by atoms with E-state index in [2.05, 4.69) is 22.2 Å². The molecular weight excluding hydrogens is 378 g/mol. The molecule has 3 aromatic rings. The summed E-state index contributed by atoms with van der Waals surface area (Å²) in [6, 6.07) is 7.66. The molecule has 1 aromatic carbocycles. The molecule has 1 amide bonds. The molecule has 0 saturated heterocycles. The molecule has 0 fully saturated rings. The predicted octanol–water partition coefficient (Wildman–Crippen LogP) is 4.15. The summed E-state index contributed by atoms with van der Waals surface area (Å²) in [6.45, 7) is 4.20. The summed E-state index contributed by atoms with van der Waals surface area (Å²) in [7, 11) is 0. The van der Waals surface area contributed by atoms with Gasteiger partial charge in [0.2, 0.25) is 5.91 Å². The van der Waals surface area contributed by atoms with E-state index in [1.165, 1.54) is 22.2 Å². The Hall–Kier alpha value is -2.12. The number of rotatable bonds is 4. The fourth-order valence-corrected chi connectivity index (χ4v) is 5.53. The van der Waals surface area contributed by atoms with Crippen molar-refractivity contribution >= 4 is 44.9 Å². The predicted molar refractivity (Wildman–Crippen MR) is 112 cm³/mol. The standard InChI is InChI=1S/C20H21N3O2S2/c1-11-7-8-13-15(9-11)27-19-17(13)18(25)22-20(23-19)26-10-16(24)21-14-6-4-3-5-12(14)2/h3-6,11H,7-10H2,1-2H3,(H,21,24)(H,22,23,25)/t11-/m0/s1. The summed E-state index contributed by atoms with van der Waals surface area (Å²) in [5.41, 5.74) is 2.91. The fourth-order valence-electron chi connectivity index (χ4n) is 3.43. The summed E-state index contributed by atoms with van der Waals surface area (Å²) in [5.74, 6) is 0.741. The summed E-state index contributed by atoms with van der Waals surface area (Å²) >= 11 is 2.88. The van der Waals surface area contributed by atoms with Gasteiger partial charge in [0.25, 0.3) is 5.56 Å². The van der Waals surface area contributed by atoms with Crippen LogP contribution in [0.25, 0.3) is 10.2 Å². The monoisotopic (exact) mass is 399 g/mol. The van der Waals surface area contributed by atoms with E-state index in [4.69, 9.17) is 0 Å². The van der Waals surface area contributed by atoms with Crippen molar-refractivity contribution in [3.63, 3.8) is 0 Å². The Morgan fingerprint density at radius 1 is 1.41 bits per heavy atom. The fraction of sp³-hybridized carbons (Fsp3) is 0.350. The molecule has 4 rings (SSSR count). The molecule has 7 heteroatoms. The zero-order chi connectivity index (χ0) is 19.0. The van der Waals surface area contributed by atoms with Crippen molar-refractivity contribution in [2.45, 2.75) is 38.3 Å². The van der Waals surface area contributed by atoms with E-state index in [1.807, 2.05) is 31.2 Å². The second-order valence-electron chi connectivity index (χ2n) is 7.05. The van der Waals surface area contributed by atoms with E-state index >= 15 is 0 Å². The maximum absolute atomic E-state index is 12.6. The number of para-hydroxylation sites is 1. The molecule has 2 heterocycles. The summed E-state index contributed by atoms with van der Waals surface area (Å²) < 4.78 is 0. The molecule has 5 nitrogen and oxygen atoms in total. The highest BCUT2D eigenvalue weighted by molar-refractivity contribution is 7.99. The van der Waals surface area contributed by atoms with Gasteiger partial charge in [-0.25, -0.2) is 4.98 Å². The van der Waals surface area contributed by atoms with Crippen LogP contribution in [-0.4, -0.2) is 21.6 Å². The molecule has 2 N–H and O–H groups in total. The van der Waals surface area contributed by atoms with Gasteiger partial charge in [0.05, 0.1) is 11.1 Å². The van der Waals surface area contributed by atoms with E-state index in [0.29, 0.717) is 11.1 Å². The first-order valence-corrected chi connectivity index (χ1v) is 10.8. The molecule has 1 atom stereocenters. The van der Waals surface area contributed by atoms with Crippen LogP contribution in [0.1, 0.15) is 29.3 Å². The van der Waals surface area contributed by atoms with Gasteiger partial charge >= 0.3 is 0 Å². The van der Waals surface area contributed by atoms with Crippen LogP contribution in [-0.2, 0) is 17.6 Å². The molecule has 2 aromatic heterocycles. The Bertz CT molecular complexity index is 1070. The van der Waals surface area contributed by atoms with Crippen molar-refractivity contribution in [2.75, 3.05) is 11.1 Å². The van der Waals surface area contributed by atoms with Gasteiger partial charge in [-0.3, -0.25) is 9.59 Å². The van der Waals surface area contributed by atoms with Crippen LogP contribution in [0, 0.1) is 12.8 Å². The van der Waals surface area contributed by atoms with Gasteiger partial charge in [0.1, 0.15) is 4.83 Å². The lowest BCUT2D eigenvalue weighted by Crippen LogP contribution is -2.16. The highest BCUT2D eigenvalue weighted by Crippen LogP contribution is 2.36. The number of thioether (sulfide) groups is 1. The number of hydrogen-bond acceptors (Lipinski definition) is 5. The number of carbonyl (C=O) groups is 1. The minimum atomic E-state index is -0.114. The van der Waals surface area contributed by atoms with Crippen molar-refractivity contribution in [3.8, 4) is 0 Å². The average molecular weight is 400 g/mol. The lowest BCUT2D eigenvalue weighted by molar-refractivity contribution is -0.113. The molecule has 140 valence electrons. The number of aryl methyl sites for hydroxylation is 2. The zero-order valence-electron chi connectivity index (χ0n) is 15.3. The van der Waals surface area contributed by atoms with Crippen LogP contribution < -0.4 is 10.9 Å². The third-order valence-electron chi connectivity index (χ3n) is 4.90. The van der Waals surface area contributed by atoms with Crippen LogP contribution in [0.3, 0.4) is 0 Å². The normalized spacial score (nSPS) is 16.3. The van der Waals surface area contributed by atoms with Crippen LogP contribution >= 0.6 is 23.1 Å². The number of thiophene rings is 1. The number of benzene rings is 1. The molecule has 0 saturated carbocycles. The molecule has 27 heavy (non-hydrogen) atoms. The third kappa shape index (κ3) is 3.80. The lowest BCUT2D eigenvalue weighted by Gasteiger charge is -2.17. The highest BCUT2D eigenvalue weighted by Gasteiger charge is 2.23. The first-order valence-electron chi connectivity index (χ1n) is 9.04. The Morgan fingerprint density at radius 3 is 3.04 bits per heavy atom. The van der Waals surface area contributed by atoms with Crippen molar-refractivity contribution in [3.05, 3.63) is 50.6 Å². The minimum absolute atomic E-state index is 0.0890. The van der Waals surface area contributed by atoms with Crippen molar-refractivity contribution in [1.29, 1.82) is 0 Å². The second kappa shape index (κ2) is 7.48. The van der Waals surface area contributed by atoms with Gasteiger partial charge < -0.3 is 10.3 Å². The molecule has 1 aliphatic carbocycles. The Labute approximate surface area is 165 Å². The minimum Gasteiger partial charge on any atom is -0.325 e. The van der Waals surface area contributed by atoms with Gasteiger partial charge in [-0.1, -0.05) is 36.9 Å². The number of nitrogens with one attached hydrogen (secondary N) is 2. The van der Waals surface area contributed by atoms with Gasteiger partial charge in [-0.15, -0.1) is 11.3 Å². The lowest BCUT2D eigenvalue weighted by atomic mass is 9.89.